The van der Waals surface area contributed by atoms with Crippen molar-refractivity contribution in [2.24, 2.45) is 0 Å². The number of thioether (sulfide) groups is 1. The Morgan fingerprint density at radius 1 is 1.29 bits per heavy atom. The first-order chi connectivity index (χ1) is 13.6. The molecule has 0 aliphatic rings. The van der Waals surface area contributed by atoms with Gasteiger partial charge in [-0.15, -0.1) is 0 Å². The lowest BCUT2D eigenvalue weighted by atomic mass is 10.1. The van der Waals surface area contributed by atoms with Crippen LogP contribution in [0.5, 0.6) is 0 Å². The first kappa shape index (κ1) is 20.4. The zero-order valence-corrected chi connectivity index (χ0v) is 17.1. The zero-order valence-electron chi connectivity index (χ0n) is 15.5. The summed E-state index contributed by atoms with van der Waals surface area (Å²) < 4.78 is 7.09. The molecule has 3 aromatic rings. The van der Waals surface area contributed by atoms with Crippen molar-refractivity contribution in [2.75, 3.05) is 13.2 Å². The van der Waals surface area contributed by atoms with Crippen molar-refractivity contribution >= 4 is 34.3 Å². The molecule has 0 unspecified atom stereocenters. The van der Waals surface area contributed by atoms with Crippen LogP contribution >= 0.6 is 23.4 Å². The molecule has 0 radical (unpaired) electrons. The Kier molecular flexibility index (Phi) is 7.10. The lowest BCUT2D eigenvalue weighted by Crippen LogP contribution is -2.24. The van der Waals surface area contributed by atoms with Crippen LogP contribution in [0.25, 0.3) is 10.9 Å². The quantitative estimate of drug-likeness (QED) is 0.305. The van der Waals surface area contributed by atoms with Gasteiger partial charge in [-0.1, -0.05) is 41.6 Å². The molecule has 0 saturated heterocycles. The van der Waals surface area contributed by atoms with Crippen molar-refractivity contribution in [1.82, 2.24) is 9.55 Å². The summed E-state index contributed by atoms with van der Waals surface area (Å²) in [5.74, 6) is 0.549. The zero-order chi connectivity index (χ0) is 19.9. The van der Waals surface area contributed by atoms with Crippen molar-refractivity contribution in [2.45, 2.75) is 30.8 Å². The number of nitrogens with zero attached hydrogens (tertiary/aromatic N) is 3. The van der Waals surface area contributed by atoms with Crippen LogP contribution in [-0.4, -0.2) is 22.8 Å². The SMILES string of the molecule is CCOCCCn1c(SCc2ccccc2C#N)nc2cc(Cl)ccc2c1=O. The molecule has 5 nitrogen and oxygen atoms in total. The Balaban J connectivity index is 1.95. The van der Waals surface area contributed by atoms with Gasteiger partial charge in [-0.25, -0.2) is 4.98 Å². The fourth-order valence-electron chi connectivity index (χ4n) is 2.85. The summed E-state index contributed by atoms with van der Waals surface area (Å²) >= 11 is 7.53. The third-order valence-electron chi connectivity index (χ3n) is 4.25. The van der Waals surface area contributed by atoms with E-state index in [1.165, 1.54) is 11.8 Å². The average Bonchev–Trinajstić information content (AvgIpc) is 2.71. The van der Waals surface area contributed by atoms with Crippen LogP contribution in [0.15, 0.2) is 52.4 Å². The highest BCUT2D eigenvalue weighted by molar-refractivity contribution is 7.98. The maximum Gasteiger partial charge on any atom is 0.262 e. The molecule has 2 aromatic carbocycles. The van der Waals surface area contributed by atoms with E-state index >= 15 is 0 Å². The van der Waals surface area contributed by atoms with Gasteiger partial charge in [0.1, 0.15) is 0 Å². The van der Waals surface area contributed by atoms with Gasteiger partial charge in [0.2, 0.25) is 0 Å². The molecule has 0 spiro atoms. The third kappa shape index (κ3) is 4.74. The molecule has 0 bridgehead atoms. The maximum absolute atomic E-state index is 13.0. The number of fused-ring (bicyclic) bond motifs is 1. The maximum atomic E-state index is 13.0. The summed E-state index contributed by atoms with van der Waals surface area (Å²) in [6.07, 6.45) is 0.719. The van der Waals surface area contributed by atoms with E-state index in [2.05, 4.69) is 11.1 Å². The summed E-state index contributed by atoms with van der Waals surface area (Å²) in [6, 6.07) is 14.8. The van der Waals surface area contributed by atoms with Gasteiger partial charge in [-0.05, 0) is 43.2 Å². The second-order valence-corrected chi connectivity index (χ2v) is 7.50. The van der Waals surface area contributed by atoms with Gasteiger partial charge in [0.15, 0.2) is 5.16 Å². The number of rotatable bonds is 8. The van der Waals surface area contributed by atoms with Crippen LogP contribution < -0.4 is 5.56 Å². The molecular formula is C21H20ClN3O2S. The lowest BCUT2D eigenvalue weighted by molar-refractivity contribution is 0.140. The van der Waals surface area contributed by atoms with Gasteiger partial charge >= 0.3 is 0 Å². The molecule has 0 saturated carbocycles. The first-order valence-electron chi connectivity index (χ1n) is 9.02. The Bertz CT molecular complexity index is 1080. The number of halogens is 1. The first-order valence-corrected chi connectivity index (χ1v) is 10.4. The Labute approximate surface area is 172 Å². The molecule has 0 N–H and O–H groups in total. The van der Waals surface area contributed by atoms with Crippen molar-refractivity contribution < 1.29 is 4.74 Å². The molecule has 1 aromatic heterocycles. The molecular weight excluding hydrogens is 394 g/mol. The van der Waals surface area contributed by atoms with E-state index in [9.17, 15) is 10.1 Å². The largest absolute Gasteiger partial charge is 0.382 e. The highest BCUT2D eigenvalue weighted by atomic mass is 35.5. The molecule has 0 amide bonds. The van der Waals surface area contributed by atoms with Gasteiger partial charge < -0.3 is 4.74 Å². The number of hydrogen-bond donors (Lipinski definition) is 0. The summed E-state index contributed by atoms with van der Waals surface area (Å²) in [7, 11) is 0. The molecule has 28 heavy (non-hydrogen) atoms. The molecule has 0 aliphatic heterocycles. The predicted octanol–water partition coefficient (Wildman–Crippen LogP) is 4.64. The van der Waals surface area contributed by atoms with Crippen molar-refractivity contribution in [3.8, 4) is 6.07 Å². The highest BCUT2D eigenvalue weighted by Gasteiger charge is 2.13. The number of hydrogen-bond acceptors (Lipinski definition) is 5. The van der Waals surface area contributed by atoms with E-state index in [0.29, 0.717) is 52.2 Å². The number of benzene rings is 2. The summed E-state index contributed by atoms with van der Waals surface area (Å²) in [4.78, 5) is 17.7. The summed E-state index contributed by atoms with van der Waals surface area (Å²) in [6.45, 7) is 3.70. The van der Waals surface area contributed by atoms with E-state index in [0.717, 1.165) is 12.0 Å². The second kappa shape index (κ2) is 9.74. The van der Waals surface area contributed by atoms with Crippen LogP contribution in [0.4, 0.5) is 0 Å². The van der Waals surface area contributed by atoms with E-state index in [4.69, 9.17) is 16.3 Å². The number of ether oxygens (including phenoxy) is 1. The fraction of sp³-hybridized carbons (Fsp3) is 0.286. The van der Waals surface area contributed by atoms with Gasteiger partial charge in [-0.3, -0.25) is 9.36 Å². The smallest absolute Gasteiger partial charge is 0.262 e. The Morgan fingerprint density at radius 2 is 2.11 bits per heavy atom. The molecule has 1 heterocycles. The van der Waals surface area contributed by atoms with Gasteiger partial charge in [0.05, 0.1) is 22.5 Å². The van der Waals surface area contributed by atoms with Crippen LogP contribution in [-0.2, 0) is 17.0 Å². The molecule has 0 aliphatic carbocycles. The fourth-order valence-corrected chi connectivity index (χ4v) is 4.04. The standard InChI is InChI=1S/C21H20ClN3O2S/c1-2-27-11-5-10-25-20(26)18-9-8-17(22)12-19(18)24-21(25)28-14-16-7-4-3-6-15(16)13-23/h3-4,6-9,12H,2,5,10-11,14H2,1H3. The molecule has 144 valence electrons. The summed E-state index contributed by atoms with van der Waals surface area (Å²) in [5, 5.41) is 11.0. The van der Waals surface area contributed by atoms with Gasteiger partial charge in [-0.2, -0.15) is 5.26 Å². The molecule has 7 heteroatoms. The molecule has 0 fully saturated rings. The van der Waals surface area contributed by atoms with E-state index < -0.39 is 0 Å². The molecule has 3 rings (SSSR count). The van der Waals surface area contributed by atoms with Crippen LogP contribution in [0, 0.1) is 11.3 Å². The van der Waals surface area contributed by atoms with Crippen LogP contribution in [0.1, 0.15) is 24.5 Å². The topological polar surface area (TPSA) is 67.9 Å². The Hall–Kier alpha value is -2.33. The lowest BCUT2D eigenvalue weighted by Gasteiger charge is -2.13. The minimum Gasteiger partial charge on any atom is -0.382 e. The van der Waals surface area contributed by atoms with Gasteiger partial charge in [0, 0.05) is 30.5 Å². The third-order valence-corrected chi connectivity index (χ3v) is 5.51. The highest BCUT2D eigenvalue weighted by Crippen LogP contribution is 2.25. The minimum atomic E-state index is -0.0887. The van der Waals surface area contributed by atoms with Gasteiger partial charge in [0.25, 0.3) is 5.56 Å². The normalized spacial score (nSPS) is 10.9. The van der Waals surface area contributed by atoms with Crippen LogP contribution in [0.2, 0.25) is 5.02 Å². The monoisotopic (exact) mass is 413 g/mol. The second-order valence-electron chi connectivity index (χ2n) is 6.12. The number of aromatic nitrogens is 2. The van der Waals surface area contributed by atoms with Crippen LogP contribution in [0.3, 0.4) is 0 Å². The van der Waals surface area contributed by atoms with Crippen molar-refractivity contribution in [3.63, 3.8) is 0 Å². The minimum absolute atomic E-state index is 0.0887. The number of nitriles is 1. The summed E-state index contributed by atoms with van der Waals surface area (Å²) in [5.41, 5.74) is 2.03. The van der Waals surface area contributed by atoms with E-state index in [1.807, 2.05) is 25.1 Å². The van der Waals surface area contributed by atoms with Crippen molar-refractivity contribution in [3.05, 3.63) is 69.0 Å². The van der Waals surface area contributed by atoms with E-state index in [1.54, 1.807) is 28.8 Å². The van der Waals surface area contributed by atoms with Crippen molar-refractivity contribution in [1.29, 1.82) is 5.26 Å². The predicted molar refractivity (Wildman–Crippen MR) is 113 cm³/mol. The molecule has 0 atom stereocenters. The average molecular weight is 414 g/mol. The Morgan fingerprint density at radius 3 is 2.89 bits per heavy atom. The van der Waals surface area contributed by atoms with E-state index in [-0.39, 0.29) is 5.56 Å².